The first-order valence-electron chi connectivity index (χ1n) is 23.2. The van der Waals surface area contributed by atoms with Crippen LogP contribution >= 0.6 is 11.3 Å². The summed E-state index contributed by atoms with van der Waals surface area (Å²) < 4.78 is 36.8. The number of cyclic esters (lactones) is 1. The molecule has 0 amide bonds. The van der Waals surface area contributed by atoms with E-state index in [2.05, 4.69) is 20.8 Å². The number of aliphatic hydroxyl groups is 5. The Balaban J connectivity index is 1.74. The molecule has 0 spiro atoms. The molecule has 376 valence electrons. The molecule has 0 saturated carbocycles. The normalized spacial score (nSPS) is 42.4. The third-order valence-corrected chi connectivity index (χ3v) is 14.6. The SMILES string of the molecule is CC[C@H]1OC(=O)[C@H](C)[C@@H](O[C@H]2C[C@@](C)(OC)[C@H](O)[C@H](C)O2)[C@H](C)[C@H](O[C@@H]2O[C@H](C)CC([N+](C)(C)[O-])[C@@H]2O)C(C)(O)C[C@@H](C)/C(=N\OCCNCCNCc2nccs2)[C@H](C)[C@H](O)[C@]1(C)O. The Bertz CT molecular complexity index is 1640. The summed E-state index contributed by atoms with van der Waals surface area (Å²) in [6.07, 6.45) is -9.03. The average molecular weight is 948 g/mol. The van der Waals surface area contributed by atoms with Crippen molar-refractivity contribution in [2.75, 3.05) is 47.4 Å². The number of nitrogens with zero attached hydrogens (tertiary/aromatic N) is 3. The van der Waals surface area contributed by atoms with Crippen LogP contribution in [0.25, 0.3) is 0 Å². The molecule has 0 bridgehead atoms. The molecule has 3 aliphatic heterocycles. The highest BCUT2D eigenvalue weighted by atomic mass is 32.1. The van der Waals surface area contributed by atoms with Crippen molar-refractivity contribution < 1.29 is 68.2 Å². The van der Waals surface area contributed by atoms with E-state index >= 15 is 0 Å². The lowest BCUT2D eigenvalue weighted by atomic mass is 9.73. The van der Waals surface area contributed by atoms with Crippen LogP contribution in [-0.2, 0) is 44.6 Å². The van der Waals surface area contributed by atoms with Crippen molar-refractivity contribution in [3.05, 3.63) is 21.8 Å². The molecule has 18 atom stereocenters. The van der Waals surface area contributed by atoms with Gasteiger partial charge in [0.25, 0.3) is 0 Å². The maximum atomic E-state index is 14.4. The molecule has 0 aromatic carbocycles. The van der Waals surface area contributed by atoms with Gasteiger partial charge < -0.3 is 79.3 Å². The van der Waals surface area contributed by atoms with Crippen LogP contribution in [0.2, 0.25) is 0 Å². The van der Waals surface area contributed by atoms with Crippen molar-refractivity contribution in [1.29, 1.82) is 0 Å². The lowest BCUT2D eigenvalue weighted by Crippen LogP contribution is -2.63. The van der Waals surface area contributed by atoms with Crippen molar-refractivity contribution in [3.63, 3.8) is 0 Å². The minimum absolute atomic E-state index is 0.0645. The molecule has 3 fully saturated rings. The Morgan fingerprint density at radius 3 is 2.26 bits per heavy atom. The third kappa shape index (κ3) is 14.1. The maximum absolute atomic E-state index is 14.4. The Morgan fingerprint density at radius 2 is 1.65 bits per heavy atom. The van der Waals surface area contributed by atoms with Crippen molar-refractivity contribution in [2.45, 2.75) is 186 Å². The first kappa shape index (κ1) is 55.6. The molecule has 1 aromatic rings. The number of aromatic nitrogens is 1. The summed E-state index contributed by atoms with van der Waals surface area (Å²) in [6.45, 7) is 19.4. The standard InChI is InChI=1S/C45H81N5O14S/c1-14-32-45(10,56)38(52)27(4)35(49-59-19-17-46-15-16-47-24-33-48-18-20-65-33)25(2)22-43(8,55)40(64-42-36(51)31(50(11,12)57)21-26(3)60-42)28(5)37(29(6)41(54)62-32)63-34-23-44(9,58-13)39(53)30(7)61-34/h18,20,25-32,34,36-40,42,46-47,51-53,55-56H,14-17,19,21-24H2,1-13H3/b49-35+/t25-,26-,27+,28+,29-,30+,31?,32-,34+,36+,37+,38+,39-,40+,42+,43?,44-,45-/m1/s1. The molecule has 19 nitrogen and oxygen atoms in total. The number of oxime groups is 1. The van der Waals surface area contributed by atoms with E-state index < -0.39 is 119 Å². The van der Waals surface area contributed by atoms with E-state index in [9.17, 15) is 35.5 Å². The van der Waals surface area contributed by atoms with Crippen LogP contribution in [0.15, 0.2) is 16.7 Å². The van der Waals surface area contributed by atoms with Crippen molar-refractivity contribution in [1.82, 2.24) is 15.6 Å². The number of likely N-dealkylation sites (N-methyl/N-ethyl adjacent to an activating group) is 1. The quantitative estimate of drug-likeness (QED) is 0.0544. The van der Waals surface area contributed by atoms with Gasteiger partial charge in [-0.1, -0.05) is 32.9 Å². The number of carbonyl (C=O) groups excluding carboxylic acids is 1. The van der Waals surface area contributed by atoms with Crippen LogP contribution < -0.4 is 10.6 Å². The number of rotatable bonds is 16. The highest BCUT2D eigenvalue weighted by Crippen LogP contribution is 2.41. The molecular formula is C45H81N5O14S. The number of quaternary nitrogens is 1. The topological polar surface area (TPSA) is 255 Å². The summed E-state index contributed by atoms with van der Waals surface area (Å²) in [4.78, 5) is 24.6. The Morgan fingerprint density at radius 1 is 0.969 bits per heavy atom. The van der Waals surface area contributed by atoms with Gasteiger partial charge in [0.05, 0.1) is 67.4 Å². The predicted octanol–water partition coefficient (Wildman–Crippen LogP) is 2.44. The minimum Gasteiger partial charge on any atom is -0.633 e. The smallest absolute Gasteiger partial charge is 0.311 e. The van der Waals surface area contributed by atoms with Gasteiger partial charge in [0.1, 0.15) is 35.5 Å². The van der Waals surface area contributed by atoms with Crippen molar-refractivity contribution in [3.8, 4) is 0 Å². The molecule has 0 aliphatic carbocycles. The molecule has 20 heteroatoms. The van der Waals surface area contributed by atoms with E-state index in [-0.39, 0.29) is 32.3 Å². The second kappa shape index (κ2) is 23.5. The number of hydrogen-bond donors (Lipinski definition) is 7. The summed E-state index contributed by atoms with van der Waals surface area (Å²) >= 11 is 1.58. The van der Waals surface area contributed by atoms with Gasteiger partial charge in [-0.3, -0.25) is 4.79 Å². The Labute approximate surface area is 389 Å². The predicted molar refractivity (Wildman–Crippen MR) is 243 cm³/mol. The van der Waals surface area contributed by atoms with E-state index in [1.807, 2.05) is 12.3 Å². The molecule has 0 radical (unpaired) electrons. The lowest BCUT2D eigenvalue weighted by Gasteiger charge is -2.51. The molecule has 7 N–H and O–H groups in total. The van der Waals surface area contributed by atoms with Gasteiger partial charge in [0.2, 0.25) is 0 Å². The second-order valence-electron chi connectivity index (χ2n) is 19.7. The molecule has 4 heterocycles. The summed E-state index contributed by atoms with van der Waals surface area (Å²) in [5.41, 5.74) is -4.58. The zero-order chi connectivity index (χ0) is 48.7. The maximum Gasteiger partial charge on any atom is 0.311 e. The van der Waals surface area contributed by atoms with Crippen molar-refractivity contribution in [2.24, 2.45) is 28.8 Å². The number of hydrogen-bond acceptors (Lipinski definition) is 19. The summed E-state index contributed by atoms with van der Waals surface area (Å²) in [5.74, 6) is -4.31. The monoisotopic (exact) mass is 948 g/mol. The zero-order valence-electron chi connectivity index (χ0n) is 40.8. The van der Waals surface area contributed by atoms with Crippen LogP contribution in [0.5, 0.6) is 0 Å². The van der Waals surface area contributed by atoms with Gasteiger partial charge >= 0.3 is 5.97 Å². The molecule has 3 aliphatic rings. The number of hydroxylamine groups is 3. The van der Waals surface area contributed by atoms with Crippen molar-refractivity contribution >= 4 is 23.0 Å². The number of esters is 1. The highest BCUT2D eigenvalue weighted by Gasteiger charge is 2.54. The first-order chi connectivity index (χ1) is 30.3. The van der Waals surface area contributed by atoms with E-state index in [1.54, 1.807) is 72.9 Å². The number of methoxy groups -OCH3 is 1. The largest absolute Gasteiger partial charge is 0.633 e. The molecule has 1 aromatic heterocycles. The van der Waals surface area contributed by atoms with Gasteiger partial charge in [0.15, 0.2) is 18.7 Å². The van der Waals surface area contributed by atoms with E-state index in [0.29, 0.717) is 31.9 Å². The fourth-order valence-electron chi connectivity index (χ4n) is 9.77. The zero-order valence-corrected chi connectivity index (χ0v) is 41.7. The van der Waals surface area contributed by atoms with Crippen LogP contribution in [-0.4, -0.2) is 179 Å². The number of thiazole rings is 1. The molecule has 65 heavy (non-hydrogen) atoms. The van der Waals surface area contributed by atoms with Gasteiger partial charge in [-0.05, 0) is 54.4 Å². The van der Waals surface area contributed by atoms with E-state index in [0.717, 1.165) is 5.01 Å². The summed E-state index contributed by atoms with van der Waals surface area (Å²) in [5, 5.41) is 87.1. The second-order valence-corrected chi connectivity index (χ2v) is 20.7. The highest BCUT2D eigenvalue weighted by molar-refractivity contribution is 7.09. The van der Waals surface area contributed by atoms with Crippen LogP contribution in [0.3, 0.4) is 0 Å². The van der Waals surface area contributed by atoms with Gasteiger partial charge in [-0.2, -0.15) is 0 Å². The fourth-order valence-corrected chi connectivity index (χ4v) is 10.4. The summed E-state index contributed by atoms with van der Waals surface area (Å²) in [6, 6.07) is -0.830. The lowest BCUT2D eigenvalue weighted by molar-refractivity contribution is -0.874. The van der Waals surface area contributed by atoms with Gasteiger partial charge in [-0.25, -0.2) is 4.98 Å². The Kier molecular flexibility index (Phi) is 20.1. The molecule has 2 unspecified atom stereocenters. The molecule has 4 rings (SSSR count). The summed E-state index contributed by atoms with van der Waals surface area (Å²) in [7, 11) is 4.36. The number of ether oxygens (including phenoxy) is 6. The van der Waals surface area contributed by atoms with E-state index in [4.69, 9.17) is 33.3 Å². The van der Waals surface area contributed by atoms with Crippen LogP contribution in [0.4, 0.5) is 0 Å². The van der Waals surface area contributed by atoms with Crippen LogP contribution in [0, 0.1) is 28.9 Å². The van der Waals surface area contributed by atoms with Gasteiger partial charge in [0, 0.05) is 75.5 Å². The number of aliphatic hydroxyl groups excluding tert-OH is 3. The minimum atomic E-state index is -1.98. The number of carbonyl (C=O) groups is 1. The average Bonchev–Trinajstić information content (AvgIpc) is 3.76. The third-order valence-electron chi connectivity index (χ3n) is 13.8. The van der Waals surface area contributed by atoms with Gasteiger partial charge in [-0.15, -0.1) is 11.3 Å². The van der Waals surface area contributed by atoms with E-state index in [1.165, 1.54) is 28.1 Å². The fraction of sp³-hybridized carbons (Fsp3) is 0.889. The Hall–Kier alpha value is -1.99. The first-order valence-corrected chi connectivity index (χ1v) is 24.1. The molecular weight excluding hydrogens is 867 g/mol. The molecule has 3 saturated heterocycles. The number of nitrogens with one attached hydrogen (secondary N) is 2. The van der Waals surface area contributed by atoms with Crippen LogP contribution in [0.1, 0.15) is 99.9 Å².